The molecule has 1 amide bonds. The van der Waals surface area contributed by atoms with Crippen LogP contribution in [0.1, 0.15) is 44.2 Å². The van der Waals surface area contributed by atoms with E-state index in [9.17, 15) is 34.8 Å². The Morgan fingerprint density at radius 1 is 1.23 bits per heavy atom. The number of amides is 1. The van der Waals surface area contributed by atoms with Crippen molar-refractivity contribution in [2.24, 2.45) is 29.4 Å². The number of pyridine rings is 1. The van der Waals surface area contributed by atoms with Gasteiger partial charge in [-0.05, 0) is 24.7 Å². The Bertz CT molecular complexity index is 1200. The summed E-state index contributed by atoms with van der Waals surface area (Å²) in [6, 6.07) is 0. The second kappa shape index (κ2) is 8.37. The molecule has 6 N–H and O–H groups in total. The highest BCUT2D eigenvalue weighted by atomic mass is 16.3. The Morgan fingerprint density at radius 3 is 2.40 bits per heavy atom. The lowest BCUT2D eigenvalue weighted by Crippen LogP contribution is -2.62. The minimum atomic E-state index is -2.60. The fraction of sp³-hybridized carbons (Fsp3) is 0.520. The van der Waals surface area contributed by atoms with E-state index in [-0.39, 0.29) is 35.6 Å². The molecule has 10 nitrogen and oxygen atoms in total. The number of primary amides is 1. The van der Waals surface area contributed by atoms with Gasteiger partial charge in [0.15, 0.2) is 11.4 Å². The van der Waals surface area contributed by atoms with Gasteiger partial charge in [0.25, 0.3) is 5.91 Å². The summed E-state index contributed by atoms with van der Waals surface area (Å²) in [6.07, 6.45) is 2.57. The molecule has 0 saturated heterocycles. The molecule has 1 heterocycles. The fourth-order valence-corrected chi connectivity index (χ4v) is 6.32. The zero-order valence-electron chi connectivity index (χ0n) is 20.2. The third-order valence-electron chi connectivity index (χ3n) is 7.96. The van der Waals surface area contributed by atoms with Crippen LogP contribution in [0.2, 0.25) is 0 Å². The number of anilines is 1. The van der Waals surface area contributed by atoms with Gasteiger partial charge in [0.1, 0.15) is 28.7 Å². The number of aliphatic hydroxyl groups excluding tert-OH is 2. The average Bonchev–Trinajstić information content (AvgIpc) is 2.78. The molecule has 1 aromatic heterocycles. The summed E-state index contributed by atoms with van der Waals surface area (Å²) in [7, 11) is 3.52. The average molecular weight is 486 g/mol. The fourth-order valence-electron chi connectivity index (χ4n) is 6.32. The zero-order chi connectivity index (χ0) is 26.0. The number of fused-ring (bicyclic) bond motifs is 3. The zero-order valence-corrected chi connectivity index (χ0v) is 20.2. The molecule has 1 fully saturated rings. The Labute approximate surface area is 202 Å². The van der Waals surface area contributed by atoms with Gasteiger partial charge in [-0.25, -0.2) is 4.98 Å². The van der Waals surface area contributed by atoms with E-state index in [4.69, 9.17) is 5.73 Å². The monoisotopic (exact) mass is 485 g/mol. The van der Waals surface area contributed by atoms with E-state index >= 15 is 0 Å². The molecule has 0 aromatic carbocycles. The first-order valence-electron chi connectivity index (χ1n) is 11.8. The van der Waals surface area contributed by atoms with E-state index in [1.54, 1.807) is 19.0 Å². The third-order valence-corrected chi connectivity index (χ3v) is 7.96. The van der Waals surface area contributed by atoms with Gasteiger partial charge in [0.2, 0.25) is 5.78 Å². The number of carbonyl (C=O) groups is 3. The summed E-state index contributed by atoms with van der Waals surface area (Å²) >= 11 is 0. The van der Waals surface area contributed by atoms with Crippen molar-refractivity contribution in [2.45, 2.75) is 45.1 Å². The number of hydrogen-bond donors (Lipinski definition) is 5. The molecule has 3 aliphatic rings. The van der Waals surface area contributed by atoms with Crippen LogP contribution in [0.25, 0.3) is 5.76 Å². The van der Waals surface area contributed by atoms with Crippen molar-refractivity contribution < 1.29 is 34.8 Å². The van der Waals surface area contributed by atoms with E-state index in [2.05, 4.69) is 4.98 Å². The molecular formula is C25H31N3O7. The number of ketones is 2. The van der Waals surface area contributed by atoms with Crippen LogP contribution in [0.3, 0.4) is 0 Å². The van der Waals surface area contributed by atoms with Gasteiger partial charge in [-0.2, -0.15) is 0 Å². The highest BCUT2D eigenvalue weighted by molar-refractivity contribution is 6.23. The van der Waals surface area contributed by atoms with E-state index < -0.39 is 57.9 Å². The minimum Gasteiger partial charge on any atom is -0.508 e. The normalized spacial score (nSPS) is 28.1. The van der Waals surface area contributed by atoms with Crippen LogP contribution in [0, 0.1) is 23.7 Å². The van der Waals surface area contributed by atoms with Crippen LogP contribution in [0.15, 0.2) is 23.1 Å². The van der Waals surface area contributed by atoms with Crippen molar-refractivity contribution in [2.75, 3.05) is 19.0 Å². The molecule has 0 aliphatic heterocycles. The van der Waals surface area contributed by atoms with Crippen molar-refractivity contribution in [3.8, 4) is 5.75 Å². The summed E-state index contributed by atoms with van der Waals surface area (Å²) in [6.45, 7) is 3.75. The van der Waals surface area contributed by atoms with Crippen LogP contribution < -0.4 is 10.6 Å². The van der Waals surface area contributed by atoms with Gasteiger partial charge in [-0.3, -0.25) is 14.4 Å². The number of hydrogen-bond acceptors (Lipinski definition) is 9. The summed E-state index contributed by atoms with van der Waals surface area (Å²) in [5, 5.41) is 44.3. The van der Waals surface area contributed by atoms with Gasteiger partial charge in [-0.1, -0.05) is 26.7 Å². The first kappa shape index (κ1) is 24.7. The maximum atomic E-state index is 13.9. The molecule has 0 radical (unpaired) electrons. The van der Waals surface area contributed by atoms with E-state index in [0.717, 1.165) is 0 Å². The quantitative estimate of drug-likeness (QED) is 0.388. The highest BCUT2D eigenvalue weighted by Gasteiger charge is 2.64. The highest BCUT2D eigenvalue weighted by Crippen LogP contribution is 2.55. The molecule has 0 unspecified atom stereocenters. The summed E-state index contributed by atoms with van der Waals surface area (Å²) in [4.78, 5) is 45.4. The van der Waals surface area contributed by atoms with E-state index in [1.807, 2.05) is 13.8 Å². The second-order valence-electron chi connectivity index (χ2n) is 9.87. The van der Waals surface area contributed by atoms with Crippen molar-refractivity contribution in [1.82, 2.24) is 4.98 Å². The lowest BCUT2D eigenvalue weighted by molar-refractivity contribution is -0.155. The summed E-state index contributed by atoms with van der Waals surface area (Å²) < 4.78 is 0. The molecule has 1 saturated carbocycles. The number of Topliss-reactive ketones (excluding diaryl/α,β-unsaturated/α-hetero) is 2. The number of nitrogens with two attached hydrogens (primary N) is 1. The van der Waals surface area contributed by atoms with Crippen molar-refractivity contribution in [3.05, 3.63) is 34.2 Å². The van der Waals surface area contributed by atoms with Crippen LogP contribution in [-0.2, 0) is 20.8 Å². The van der Waals surface area contributed by atoms with Gasteiger partial charge in [-0.15, -0.1) is 0 Å². The minimum absolute atomic E-state index is 0.0346. The molecule has 3 aliphatic carbocycles. The molecule has 35 heavy (non-hydrogen) atoms. The SMILES string of the molecule is CCC(CC)[C@@H]1C(=O)C(C(N)=O)=C(O)[C@@]2(O)C(=O)C3=C(O)c4c(O)cnc(N(C)C)c4C[C@H]3C[C@@H]12. The topological polar surface area (TPSA) is 174 Å². The van der Waals surface area contributed by atoms with Gasteiger partial charge >= 0.3 is 0 Å². The molecule has 0 spiro atoms. The smallest absolute Gasteiger partial charge is 0.255 e. The van der Waals surface area contributed by atoms with Crippen LogP contribution >= 0.6 is 0 Å². The van der Waals surface area contributed by atoms with Crippen molar-refractivity contribution in [1.29, 1.82) is 0 Å². The number of rotatable bonds is 5. The van der Waals surface area contributed by atoms with Crippen molar-refractivity contribution >= 4 is 29.1 Å². The Kier molecular flexibility index (Phi) is 5.91. The molecule has 1 aromatic rings. The Hall–Kier alpha value is -3.40. The standard InChI is InChI=1S/C25H31N3O7/c1-5-10(6-2)15-13-8-11-7-12-17(14(29)9-27-24(12)28(3)4)20(31)16(11)21(32)25(13,35)22(33)18(19(15)30)23(26)34/h9-11,13,15,29,31,33,35H,5-8H2,1-4H3,(H2,26,34)/t11-,13-,15-,25-/m0/s1. The Morgan fingerprint density at radius 2 is 1.86 bits per heavy atom. The Balaban J connectivity index is 1.99. The summed E-state index contributed by atoms with van der Waals surface area (Å²) in [5.74, 6) is -7.11. The van der Waals surface area contributed by atoms with E-state index in [1.165, 1.54) is 6.20 Å². The molecule has 4 atom stereocenters. The first-order valence-corrected chi connectivity index (χ1v) is 11.8. The third kappa shape index (κ3) is 3.26. The number of aromatic nitrogens is 1. The molecule has 10 heteroatoms. The molecule has 0 bridgehead atoms. The van der Waals surface area contributed by atoms with E-state index in [0.29, 0.717) is 24.2 Å². The molecule has 4 rings (SSSR count). The number of carbonyl (C=O) groups excluding carboxylic acids is 3. The van der Waals surface area contributed by atoms with Gasteiger partial charge in [0.05, 0.1) is 11.8 Å². The van der Waals surface area contributed by atoms with Gasteiger partial charge < -0.3 is 31.1 Å². The maximum Gasteiger partial charge on any atom is 0.255 e. The molecule has 188 valence electrons. The predicted molar refractivity (Wildman–Crippen MR) is 126 cm³/mol. The lowest BCUT2D eigenvalue weighted by atomic mass is 9.53. The number of aromatic hydroxyl groups is 1. The first-order chi connectivity index (χ1) is 16.4. The predicted octanol–water partition coefficient (Wildman–Crippen LogP) is 1.55. The van der Waals surface area contributed by atoms with Gasteiger partial charge in [0, 0.05) is 37.1 Å². The maximum absolute atomic E-state index is 13.9. The molecular weight excluding hydrogens is 454 g/mol. The van der Waals surface area contributed by atoms with Crippen molar-refractivity contribution in [3.63, 3.8) is 0 Å². The van der Waals surface area contributed by atoms with Crippen LogP contribution in [-0.4, -0.2) is 62.6 Å². The summed E-state index contributed by atoms with van der Waals surface area (Å²) in [5.41, 5.74) is 2.44. The largest absolute Gasteiger partial charge is 0.508 e. The number of aliphatic hydroxyl groups is 3. The second-order valence-corrected chi connectivity index (χ2v) is 9.87. The van der Waals surface area contributed by atoms with Crippen LogP contribution in [0.4, 0.5) is 5.82 Å². The lowest BCUT2D eigenvalue weighted by Gasteiger charge is -2.50. The van der Waals surface area contributed by atoms with Crippen LogP contribution in [0.5, 0.6) is 5.75 Å². The number of nitrogens with zero attached hydrogens (tertiary/aromatic N) is 2.